The molecule has 2 aromatic carbocycles. The van der Waals surface area contributed by atoms with Gasteiger partial charge in [0, 0.05) is 10.4 Å². The Morgan fingerprint density at radius 1 is 1.27 bits per heavy atom. The van der Waals surface area contributed by atoms with Crippen molar-refractivity contribution in [2.75, 3.05) is 13.2 Å². The summed E-state index contributed by atoms with van der Waals surface area (Å²) in [6.07, 6.45) is 1.57. The standard InChI is InChI=1S/C22H22BrN3O4/c1-4-29-20(27)13-30-17-7-5-6-15(10-17)12-24-26-21(14(2)3)25-19-9-8-16(23)11-18(19)22(26)28/h5-12,14H,4,13H2,1-3H3. The molecule has 1 heterocycles. The molecule has 0 aliphatic carbocycles. The van der Waals surface area contributed by atoms with Crippen LogP contribution in [0.15, 0.2) is 56.8 Å². The van der Waals surface area contributed by atoms with Gasteiger partial charge in [-0.3, -0.25) is 4.79 Å². The number of hydrogen-bond donors (Lipinski definition) is 0. The minimum Gasteiger partial charge on any atom is -0.482 e. The second-order valence-corrected chi connectivity index (χ2v) is 7.73. The molecule has 3 aromatic rings. The first-order chi connectivity index (χ1) is 14.4. The molecule has 0 spiro atoms. The summed E-state index contributed by atoms with van der Waals surface area (Å²) in [6.45, 7) is 5.79. The Labute approximate surface area is 182 Å². The monoisotopic (exact) mass is 471 g/mol. The normalized spacial score (nSPS) is 11.4. The second-order valence-electron chi connectivity index (χ2n) is 6.81. The molecular weight excluding hydrogens is 450 g/mol. The molecule has 7 nitrogen and oxygen atoms in total. The molecule has 0 saturated carbocycles. The molecule has 0 bridgehead atoms. The lowest BCUT2D eigenvalue weighted by Crippen LogP contribution is -2.23. The van der Waals surface area contributed by atoms with E-state index in [9.17, 15) is 9.59 Å². The van der Waals surface area contributed by atoms with E-state index in [-0.39, 0.29) is 18.1 Å². The fourth-order valence-corrected chi connectivity index (χ4v) is 3.17. The number of fused-ring (bicyclic) bond motifs is 1. The summed E-state index contributed by atoms with van der Waals surface area (Å²) in [7, 11) is 0. The molecule has 3 rings (SSSR count). The number of aromatic nitrogens is 2. The summed E-state index contributed by atoms with van der Waals surface area (Å²) in [4.78, 5) is 29.1. The predicted octanol–water partition coefficient (Wildman–Crippen LogP) is 4.11. The molecule has 30 heavy (non-hydrogen) atoms. The van der Waals surface area contributed by atoms with Gasteiger partial charge in [0.25, 0.3) is 5.56 Å². The van der Waals surface area contributed by atoms with Crippen LogP contribution < -0.4 is 10.3 Å². The van der Waals surface area contributed by atoms with Gasteiger partial charge in [0.05, 0.1) is 23.7 Å². The summed E-state index contributed by atoms with van der Waals surface area (Å²) >= 11 is 3.40. The lowest BCUT2D eigenvalue weighted by Gasteiger charge is -2.12. The zero-order chi connectivity index (χ0) is 21.7. The molecule has 0 aliphatic heterocycles. The molecule has 156 valence electrons. The van der Waals surface area contributed by atoms with Crippen molar-refractivity contribution >= 4 is 39.0 Å². The fraction of sp³-hybridized carbons (Fsp3) is 0.273. The molecule has 0 atom stereocenters. The number of carbonyl (C=O) groups excluding carboxylic acids is 1. The van der Waals surface area contributed by atoms with Gasteiger partial charge < -0.3 is 9.47 Å². The van der Waals surface area contributed by atoms with Crippen LogP contribution in [0.5, 0.6) is 5.75 Å². The van der Waals surface area contributed by atoms with Gasteiger partial charge in [-0.2, -0.15) is 9.78 Å². The van der Waals surface area contributed by atoms with Crippen LogP contribution in [0.4, 0.5) is 0 Å². The average molecular weight is 472 g/mol. The summed E-state index contributed by atoms with van der Waals surface area (Å²) < 4.78 is 12.4. The number of benzene rings is 2. The minimum absolute atomic E-state index is 0.00198. The van der Waals surface area contributed by atoms with Crippen LogP contribution in [0, 0.1) is 0 Å². The minimum atomic E-state index is -0.432. The van der Waals surface area contributed by atoms with E-state index in [0.29, 0.717) is 34.6 Å². The highest BCUT2D eigenvalue weighted by molar-refractivity contribution is 9.10. The van der Waals surface area contributed by atoms with Gasteiger partial charge in [0.15, 0.2) is 6.61 Å². The number of esters is 1. The van der Waals surface area contributed by atoms with Crippen molar-refractivity contribution in [2.24, 2.45) is 5.10 Å². The zero-order valence-corrected chi connectivity index (χ0v) is 18.5. The van der Waals surface area contributed by atoms with Crippen LogP contribution >= 0.6 is 15.9 Å². The number of rotatable bonds is 7. The van der Waals surface area contributed by atoms with Crippen molar-refractivity contribution in [3.8, 4) is 5.75 Å². The van der Waals surface area contributed by atoms with Gasteiger partial charge in [0.1, 0.15) is 11.6 Å². The highest BCUT2D eigenvalue weighted by Gasteiger charge is 2.13. The molecule has 0 fully saturated rings. The summed E-state index contributed by atoms with van der Waals surface area (Å²) in [6, 6.07) is 12.5. The Hall–Kier alpha value is -3.00. The SMILES string of the molecule is CCOC(=O)COc1cccc(C=Nn2c(C(C)C)nc3ccc(Br)cc3c2=O)c1. The van der Waals surface area contributed by atoms with Crippen LogP contribution in [-0.4, -0.2) is 35.1 Å². The summed E-state index contributed by atoms with van der Waals surface area (Å²) in [5.74, 6) is 0.644. The first-order valence-electron chi connectivity index (χ1n) is 9.54. The highest BCUT2D eigenvalue weighted by Crippen LogP contribution is 2.19. The molecule has 0 unspecified atom stereocenters. The van der Waals surface area contributed by atoms with Crippen LogP contribution in [0.25, 0.3) is 10.9 Å². The van der Waals surface area contributed by atoms with Gasteiger partial charge >= 0.3 is 5.97 Å². The van der Waals surface area contributed by atoms with Crippen molar-refractivity contribution in [2.45, 2.75) is 26.7 Å². The largest absolute Gasteiger partial charge is 0.482 e. The Balaban J connectivity index is 1.93. The van der Waals surface area contributed by atoms with Crippen LogP contribution in [0.2, 0.25) is 0 Å². The Kier molecular flexibility index (Phi) is 6.99. The topological polar surface area (TPSA) is 82.8 Å². The Morgan fingerprint density at radius 2 is 2.07 bits per heavy atom. The molecule has 0 N–H and O–H groups in total. The maximum absolute atomic E-state index is 13.0. The average Bonchev–Trinajstić information content (AvgIpc) is 2.72. The summed E-state index contributed by atoms with van der Waals surface area (Å²) in [5.41, 5.74) is 1.11. The molecule has 1 aromatic heterocycles. The van der Waals surface area contributed by atoms with Gasteiger partial charge in [-0.15, -0.1) is 0 Å². The lowest BCUT2D eigenvalue weighted by molar-refractivity contribution is -0.145. The Bertz CT molecular complexity index is 1150. The third-order valence-corrected chi connectivity index (χ3v) is 4.69. The lowest BCUT2D eigenvalue weighted by atomic mass is 10.2. The second kappa shape index (κ2) is 9.67. The van der Waals surface area contributed by atoms with E-state index in [1.165, 1.54) is 4.68 Å². The third kappa shape index (κ3) is 5.13. The molecule has 8 heteroatoms. The van der Waals surface area contributed by atoms with Gasteiger partial charge in [-0.1, -0.05) is 41.9 Å². The van der Waals surface area contributed by atoms with Crippen molar-refractivity contribution in [3.05, 3.63) is 68.7 Å². The smallest absolute Gasteiger partial charge is 0.344 e. The Morgan fingerprint density at radius 3 is 2.80 bits per heavy atom. The van der Waals surface area contributed by atoms with E-state index >= 15 is 0 Å². The predicted molar refractivity (Wildman–Crippen MR) is 119 cm³/mol. The van der Waals surface area contributed by atoms with E-state index in [4.69, 9.17) is 9.47 Å². The number of carbonyl (C=O) groups is 1. The number of ether oxygens (including phenoxy) is 2. The molecule has 0 radical (unpaired) electrons. The van der Waals surface area contributed by atoms with Crippen molar-refractivity contribution in [1.29, 1.82) is 0 Å². The van der Waals surface area contributed by atoms with E-state index in [0.717, 1.165) is 4.47 Å². The zero-order valence-electron chi connectivity index (χ0n) is 17.0. The van der Waals surface area contributed by atoms with Crippen molar-refractivity contribution in [3.63, 3.8) is 0 Å². The quantitative estimate of drug-likeness (QED) is 0.382. The van der Waals surface area contributed by atoms with E-state index < -0.39 is 5.97 Å². The number of hydrogen-bond acceptors (Lipinski definition) is 6. The molecule has 0 aliphatic rings. The van der Waals surface area contributed by atoms with Gasteiger partial charge in [-0.05, 0) is 42.8 Å². The molecular formula is C22H22BrN3O4. The molecule has 0 saturated heterocycles. The highest BCUT2D eigenvalue weighted by atomic mass is 79.9. The number of nitrogens with zero attached hydrogens (tertiary/aromatic N) is 3. The summed E-state index contributed by atoms with van der Waals surface area (Å²) in [5, 5.41) is 4.88. The third-order valence-electron chi connectivity index (χ3n) is 4.19. The van der Waals surface area contributed by atoms with Crippen LogP contribution in [0.1, 0.15) is 38.1 Å². The van der Waals surface area contributed by atoms with Gasteiger partial charge in [0.2, 0.25) is 0 Å². The van der Waals surface area contributed by atoms with Crippen molar-refractivity contribution < 1.29 is 14.3 Å². The maximum atomic E-state index is 13.0. The number of halogens is 1. The van der Waals surface area contributed by atoms with Crippen LogP contribution in [-0.2, 0) is 9.53 Å². The first-order valence-corrected chi connectivity index (χ1v) is 10.3. The maximum Gasteiger partial charge on any atom is 0.344 e. The fourth-order valence-electron chi connectivity index (χ4n) is 2.81. The molecule has 0 amide bonds. The first kappa shape index (κ1) is 21.7. The van der Waals surface area contributed by atoms with Crippen LogP contribution in [0.3, 0.4) is 0 Å². The van der Waals surface area contributed by atoms with E-state index in [1.54, 1.807) is 37.4 Å². The van der Waals surface area contributed by atoms with Gasteiger partial charge in [-0.25, -0.2) is 9.78 Å². The van der Waals surface area contributed by atoms with E-state index in [2.05, 4.69) is 26.0 Å². The van der Waals surface area contributed by atoms with E-state index in [1.807, 2.05) is 32.0 Å². The van der Waals surface area contributed by atoms with Crippen molar-refractivity contribution in [1.82, 2.24) is 9.66 Å².